The highest BCUT2D eigenvalue weighted by Crippen LogP contribution is 2.31. The van der Waals surface area contributed by atoms with E-state index in [4.69, 9.17) is 5.73 Å². The fourth-order valence-electron chi connectivity index (χ4n) is 1.82. The summed E-state index contributed by atoms with van der Waals surface area (Å²) in [6.07, 6.45) is 1.68. The van der Waals surface area contributed by atoms with Crippen LogP contribution in [0.5, 0.6) is 0 Å². The fourth-order valence-corrected chi connectivity index (χ4v) is 2.40. The summed E-state index contributed by atoms with van der Waals surface area (Å²) in [5.74, 6) is 0.885. The predicted octanol–water partition coefficient (Wildman–Crippen LogP) is 3.89. The topological polar surface area (TPSA) is 42.2 Å². The number of aromatic nitrogens is 1. The molecule has 2 rings (SSSR count). The predicted molar refractivity (Wildman–Crippen MR) is 80.2 cm³/mol. The Morgan fingerprint density at radius 3 is 2.50 bits per heavy atom. The van der Waals surface area contributed by atoms with Gasteiger partial charge in [0.05, 0.1) is 16.4 Å². The second-order valence-electron chi connectivity index (χ2n) is 4.15. The van der Waals surface area contributed by atoms with Gasteiger partial charge in [-0.1, -0.05) is 17.7 Å². The van der Waals surface area contributed by atoms with Gasteiger partial charge in [-0.3, -0.25) is 0 Å². The molecule has 1 aromatic heterocycles. The van der Waals surface area contributed by atoms with Crippen molar-refractivity contribution in [2.75, 3.05) is 17.2 Å². The van der Waals surface area contributed by atoms with Crippen LogP contribution in [0.25, 0.3) is 0 Å². The van der Waals surface area contributed by atoms with Crippen molar-refractivity contribution in [3.05, 3.63) is 46.6 Å². The van der Waals surface area contributed by atoms with Crippen LogP contribution in [-0.2, 0) is 0 Å². The maximum Gasteiger partial charge on any atom is 0.147 e. The van der Waals surface area contributed by atoms with Crippen LogP contribution in [0, 0.1) is 6.92 Å². The number of benzene rings is 1. The van der Waals surface area contributed by atoms with E-state index in [1.54, 1.807) is 6.20 Å². The van der Waals surface area contributed by atoms with Crippen molar-refractivity contribution in [1.82, 2.24) is 4.98 Å². The number of aryl methyl sites for hydroxylation is 1. The van der Waals surface area contributed by atoms with Crippen molar-refractivity contribution in [3.8, 4) is 0 Å². The second-order valence-corrected chi connectivity index (χ2v) is 5.01. The van der Waals surface area contributed by atoms with Crippen molar-refractivity contribution in [1.29, 1.82) is 0 Å². The first-order valence-electron chi connectivity index (χ1n) is 5.87. The van der Waals surface area contributed by atoms with E-state index in [9.17, 15) is 0 Å². The largest absolute Gasteiger partial charge is 0.397 e. The molecule has 0 amide bonds. The molecule has 0 aliphatic carbocycles. The van der Waals surface area contributed by atoms with E-state index in [-0.39, 0.29) is 0 Å². The van der Waals surface area contributed by atoms with Crippen molar-refractivity contribution >= 4 is 33.1 Å². The van der Waals surface area contributed by atoms with Crippen LogP contribution < -0.4 is 10.6 Å². The number of nitrogen functional groups attached to an aromatic ring is 1. The Balaban J connectivity index is 2.41. The highest BCUT2D eigenvalue weighted by Gasteiger charge is 2.12. The molecule has 0 aliphatic heterocycles. The van der Waals surface area contributed by atoms with Crippen LogP contribution in [0.3, 0.4) is 0 Å². The lowest BCUT2D eigenvalue weighted by molar-refractivity contribution is 0.985. The van der Waals surface area contributed by atoms with E-state index in [1.165, 1.54) is 5.56 Å². The van der Waals surface area contributed by atoms with Gasteiger partial charge in [0.15, 0.2) is 0 Å². The lowest BCUT2D eigenvalue weighted by atomic mass is 10.2. The van der Waals surface area contributed by atoms with Crippen molar-refractivity contribution < 1.29 is 0 Å². The van der Waals surface area contributed by atoms with Gasteiger partial charge in [0.1, 0.15) is 5.82 Å². The first-order valence-corrected chi connectivity index (χ1v) is 6.66. The Labute approximate surface area is 116 Å². The molecule has 1 heterocycles. The van der Waals surface area contributed by atoms with Gasteiger partial charge in [-0.15, -0.1) is 0 Å². The molecule has 1 aromatic carbocycles. The van der Waals surface area contributed by atoms with E-state index in [0.29, 0.717) is 5.69 Å². The minimum absolute atomic E-state index is 0.658. The molecule has 0 saturated heterocycles. The third-order valence-electron chi connectivity index (χ3n) is 2.76. The van der Waals surface area contributed by atoms with E-state index < -0.39 is 0 Å². The van der Waals surface area contributed by atoms with Gasteiger partial charge in [0.25, 0.3) is 0 Å². The molecule has 0 fully saturated rings. The molecular formula is C14H16BrN3. The Bertz CT molecular complexity index is 537. The van der Waals surface area contributed by atoms with Gasteiger partial charge in [0, 0.05) is 12.2 Å². The summed E-state index contributed by atoms with van der Waals surface area (Å²) in [5.41, 5.74) is 8.75. The van der Waals surface area contributed by atoms with E-state index in [1.807, 2.05) is 6.07 Å². The number of hydrogen-bond acceptors (Lipinski definition) is 3. The number of anilines is 3. The number of rotatable bonds is 3. The van der Waals surface area contributed by atoms with Crippen molar-refractivity contribution in [2.24, 2.45) is 0 Å². The molecule has 0 bridgehead atoms. The van der Waals surface area contributed by atoms with Gasteiger partial charge in [-0.2, -0.15) is 0 Å². The molecule has 2 N–H and O–H groups in total. The average Bonchev–Trinajstić information content (AvgIpc) is 2.35. The molecule has 0 saturated carbocycles. The Morgan fingerprint density at radius 1 is 1.28 bits per heavy atom. The van der Waals surface area contributed by atoms with Crippen molar-refractivity contribution in [2.45, 2.75) is 13.8 Å². The monoisotopic (exact) mass is 305 g/mol. The maximum absolute atomic E-state index is 5.72. The highest BCUT2D eigenvalue weighted by molar-refractivity contribution is 9.10. The van der Waals surface area contributed by atoms with Gasteiger partial charge in [-0.05, 0) is 48.0 Å². The van der Waals surface area contributed by atoms with Crippen LogP contribution >= 0.6 is 15.9 Å². The average molecular weight is 306 g/mol. The first-order chi connectivity index (χ1) is 8.61. The Hall–Kier alpha value is -1.55. The van der Waals surface area contributed by atoms with Crippen molar-refractivity contribution in [3.63, 3.8) is 0 Å². The van der Waals surface area contributed by atoms with Gasteiger partial charge in [-0.25, -0.2) is 4.98 Å². The molecular weight excluding hydrogens is 290 g/mol. The standard InChI is InChI=1S/C14H16BrN3/c1-3-18(12-6-4-10(2)5-7-12)14-13(15)8-11(16)9-17-14/h4-9H,3,16H2,1-2H3. The Kier molecular flexibility index (Phi) is 3.87. The number of nitrogens with two attached hydrogens (primary N) is 1. The van der Waals surface area contributed by atoms with Crippen LogP contribution in [-0.4, -0.2) is 11.5 Å². The lowest BCUT2D eigenvalue weighted by Crippen LogP contribution is -2.18. The minimum atomic E-state index is 0.658. The minimum Gasteiger partial charge on any atom is -0.397 e. The number of pyridine rings is 1. The summed E-state index contributed by atoms with van der Waals surface area (Å²) in [4.78, 5) is 6.54. The summed E-state index contributed by atoms with van der Waals surface area (Å²) in [6.45, 7) is 5.03. The fraction of sp³-hybridized carbons (Fsp3) is 0.214. The highest BCUT2D eigenvalue weighted by atomic mass is 79.9. The molecule has 0 unspecified atom stereocenters. The second kappa shape index (κ2) is 5.40. The number of halogens is 1. The third-order valence-corrected chi connectivity index (χ3v) is 3.34. The van der Waals surface area contributed by atoms with E-state index in [0.717, 1.165) is 22.5 Å². The first kappa shape index (κ1) is 12.9. The zero-order valence-electron chi connectivity index (χ0n) is 10.5. The summed E-state index contributed by atoms with van der Waals surface area (Å²) in [7, 11) is 0. The van der Waals surface area contributed by atoms with Gasteiger partial charge >= 0.3 is 0 Å². The van der Waals surface area contributed by atoms with Crippen LogP contribution in [0.1, 0.15) is 12.5 Å². The number of nitrogens with zero attached hydrogens (tertiary/aromatic N) is 2. The zero-order chi connectivity index (χ0) is 13.1. The smallest absolute Gasteiger partial charge is 0.147 e. The molecule has 0 atom stereocenters. The molecule has 0 aliphatic rings. The summed E-state index contributed by atoms with van der Waals surface area (Å²) in [6, 6.07) is 10.3. The third kappa shape index (κ3) is 2.64. The van der Waals surface area contributed by atoms with E-state index >= 15 is 0 Å². The molecule has 18 heavy (non-hydrogen) atoms. The number of hydrogen-bond donors (Lipinski definition) is 1. The maximum atomic E-state index is 5.72. The summed E-state index contributed by atoms with van der Waals surface area (Å²) in [5, 5.41) is 0. The molecule has 94 valence electrons. The Morgan fingerprint density at radius 2 is 1.94 bits per heavy atom. The van der Waals surface area contributed by atoms with Crippen LogP contribution in [0.15, 0.2) is 41.0 Å². The molecule has 0 radical (unpaired) electrons. The van der Waals surface area contributed by atoms with E-state index in [2.05, 4.69) is 63.9 Å². The van der Waals surface area contributed by atoms with Gasteiger partial charge < -0.3 is 10.6 Å². The molecule has 2 aromatic rings. The quantitative estimate of drug-likeness (QED) is 0.935. The molecule has 0 spiro atoms. The molecule has 3 nitrogen and oxygen atoms in total. The summed E-state index contributed by atoms with van der Waals surface area (Å²) < 4.78 is 0.907. The normalized spacial score (nSPS) is 10.4. The van der Waals surface area contributed by atoms with Gasteiger partial charge in [0.2, 0.25) is 0 Å². The summed E-state index contributed by atoms with van der Waals surface area (Å²) >= 11 is 3.52. The molecule has 4 heteroatoms. The lowest BCUT2D eigenvalue weighted by Gasteiger charge is -2.23. The van der Waals surface area contributed by atoms with Crippen LogP contribution in [0.4, 0.5) is 17.2 Å². The zero-order valence-corrected chi connectivity index (χ0v) is 12.1. The van der Waals surface area contributed by atoms with Crippen LogP contribution in [0.2, 0.25) is 0 Å². The SMILES string of the molecule is CCN(c1ccc(C)cc1)c1ncc(N)cc1Br.